The van der Waals surface area contributed by atoms with E-state index in [0.29, 0.717) is 21.9 Å². The van der Waals surface area contributed by atoms with E-state index in [-0.39, 0.29) is 5.56 Å². The predicted octanol–water partition coefficient (Wildman–Crippen LogP) is 3.13. The van der Waals surface area contributed by atoms with Crippen molar-refractivity contribution in [2.24, 2.45) is 0 Å². The van der Waals surface area contributed by atoms with Gasteiger partial charge < -0.3 is 14.7 Å². The van der Waals surface area contributed by atoms with E-state index in [1.165, 1.54) is 6.07 Å². The van der Waals surface area contributed by atoms with Gasteiger partial charge in [-0.2, -0.15) is 0 Å². The van der Waals surface area contributed by atoms with Crippen LogP contribution in [0.1, 0.15) is 16.8 Å². The maximum Gasteiger partial charge on any atom is 0.339 e. The van der Waals surface area contributed by atoms with Crippen LogP contribution in [0.3, 0.4) is 0 Å². The van der Waals surface area contributed by atoms with Gasteiger partial charge in [0.1, 0.15) is 11.3 Å². The molecule has 0 saturated heterocycles. The first kappa shape index (κ1) is 15.3. The van der Waals surface area contributed by atoms with Crippen molar-refractivity contribution in [3.63, 3.8) is 0 Å². The van der Waals surface area contributed by atoms with Gasteiger partial charge in [0, 0.05) is 11.6 Å². The van der Waals surface area contributed by atoms with Gasteiger partial charge >= 0.3 is 5.97 Å². The molecule has 0 aromatic heterocycles. The number of carboxylic acids is 1. The van der Waals surface area contributed by atoms with Gasteiger partial charge in [-0.1, -0.05) is 11.6 Å². The average Bonchev–Trinajstić information content (AvgIpc) is 2.25. The lowest BCUT2D eigenvalue weighted by Crippen LogP contribution is -2.16. The Kier molecular flexibility index (Phi) is 5.91. The number of carbonyl (C=O) groups is 1. The Morgan fingerprint density at radius 3 is 2.72 bits per heavy atom. The molecule has 0 saturated carbocycles. The summed E-state index contributed by atoms with van der Waals surface area (Å²) in [6, 6.07) is 3.01. The molecule has 100 valence electrons. The maximum absolute atomic E-state index is 11.1. The maximum atomic E-state index is 11.1. The number of carboxylic acid groups (broad SMARTS) is 1. The molecule has 0 spiro atoms. The van der Waals surface area contributed by atoms with Gasteiger partial charge in [0.25, 0.3) is 0 Å². The van der Waals surface area contributed by atoms with Crippen molar-refractivity contribution < 1.29 is 14.6 Å². The van der Waals surface area contributed by atoms with Gasteiger partial charge in [0.05, 0.1) is 11.1 Å². The smallest absolute Gasteiger partial charge is 0.339 e. The molecule has 6 heteroatoms. The van der Waals surface area contributed by atoms with E-state index >= 15 is 0 Å². The summed E-state index contributed by atoms with van der Waals surface area (Å²) in [5.74, 6) is -0.730. The molecule has 4 nitrogen and oxygen atoms in total. The summed E-state index contributed by atoms with van der Waals surface area (Å²) in [5, 5.41) is 9.45. The summed E-state index contributed by atoms with van der Waals surface area (Å²) in [5.41, 5.74) is 0.0687. The Hall–Kier alpha value is -0.780. The zero-order valence-electron chi connectivity index (χ0n) is 10.2. The molecule has 1 aromatic rings. The minimum atomic E-state index is -1.05. The first-order chi connectivity index (χ1) is 8.41. The van der Waals surface area contributed by atoms with E-state index in [4.69, 9.17) is 21.4 Å². The molecule has 1 rings (SSSR count). The molecule has 0 aliphatic rings. The van der Waals surface area contributed by atoms with Crippen molar-refractivity contribution in [1.29, 1.82) is 0 Å². The largest absolute Gasteiger partial charge is 0.491 e. The molecule has 0 aliphatic carbocycles. The fourth-order valence-electron chi connectivity index (χ4n) is 1.42. The number of benzene rings is 1. The fraction of sp³-hybridized carbons (Fsp3) is 0.417. The number of nitrogens with zero attached hydrogens (tertiary/aromatic N) is 1. The third-order valence-electron chi connectivity index (χ3n) is 2.23. The third-order valence-corrected chi connectivity index (χ3v) is 3.04. The van der Waals surface area contributed by atoms with Gasteiger partial charge in [-0.15, -0.1) is 0 Å². The summed E-state index contributed by atoms with van der Waals surface area (Å²) >= 11 is 9.08. The number of hydrogen-bond acceptors (Lipinski definition) is 3. The fourth-order valence-corrected chi connectivity index (χ4v) is 2.35. The molecule has 0 aliphatic heterocycles. The van der Waals surface area contributed by atoms with Gasteiger partial charge in [0.2, 0.25) is 0 Å². The van der Waals surface area contributed by atoms with Crippen LogP contribution in [0.15, 0.2) is 16.6 Å². The molecular weight excluding hydrogens is 321 g/mol. The van der Waals surface area contributed by atoms with Crippen LogP contribution in [0, 0.1) is 0 Å². The normalized spacial score (nSPS) is 10.7. The quantitative estimate of drug-likeness (QED) is 0.811. The van der Waals surface area contributed by atoms with Crippen molar-refractivity contribution >= 4 is 33.5 Å². The number of ether oxygens (including phenoxy) is 1. The van der Waals surface area contributed by atoms with Crippen LogP contribution in [0.4, 0.5) is 0 Å². The Bertz CT molecular complexity index is 438. The molecule has 0 radical (unpaired) electrons. The summed E-state index contributed by atoms with van der Waals surface area (Å²) in [7, 11) is 3.95. The first-order valence-electron chi connectivity index (χ1n) is 5.41. The number of hydrogen-bond donors (Lipinski definition) is 1. The second-order valence-electron chi connectivity index (χ2n) is 4.07. The molecule has 1 aromatic carbocycles. The lowest BCUT2D eigenvalue weighted by molar-refractivity contribution is 0.0692. The monoisotopic (exact) mass is 335 g/mol. The van der Waals surface area contributed by atoms with Gasteiger partial charge in [0.15, 0.2) is 0 Å². The van der Waals surface area contributed by atoms with Crippen LogP contribution < -0.4 is 4.74 Å². The third kappa shape index (κ3) is 4.48. The van der Waals surface area contributed by atoms with Crippen molar-refractivity contribution in [3.05, 3.63) is 27.2 Å². The molecular formula is C12H15BrClNO3. The topological polar surface area (TPSA) is 49.8 Å². The summed E-state index contributed by atoms with van der Waals surface area (Å²) in [4.78, 5) is 13.1. The standard InChI is InChI=1S/C12H15BrClNO3/c1-15(2)4-3-5-18-11-9(12(16)17)6-8(14)7-10(11)13/h6-7H,3-5H2,1-2H3,(H,16,17). The number of halogens is 2. The zero-order chi connectivity index (χ0) is 13.7. The highest BCUT2D eigenvalue weighted by molar-refractivity contribution is 9.10. The van der Waals surface area contributed by atoms with Crippen LogP contribution in [0.25, 0.3) is 0 Å². The molecule has 0 heterocycles. The van der Waals surface area contributed by atoms with Crippen molar-refractivity contribution in [1.82, 2.24) is 4.90 Å². The van der Waals surface area contributed by atoms with E-state index in [2.05, 4.69) is 15.9 Å². The van der Waals surface area contributed by atoms with E-state index < -0.39 is 5.97 Å². The SMILES string of the molecule is CN(C)CCCOc1c(Br)cc(Cl)cc1C(=O)O. The average molecular weight is 337 g/mol. The van der Waals surface area contributed by atoms with E-state index in [0.717, 1.165) is 13.0 Å². The summed E-state index contributed by atoms with van der Waals surface area (Å²) < 4.78 is 6.07. The van der Waals surface area contributed by atoms with Gasteiger partial charge in [-0.25, -0.2) is 4.79 Å². The summed E-state index contributed by atoms with van der Waals surface area (Å²) in [6.07, 6.45) is 0.821. The Morgan fingerprint density at radius 2 is 2.17 bits per heavy atom. The van der Waals surface area contributed by atoms with Crippen molar-refractivity contribution in [2.45, 2.75) is 6.42 Å². The Balaban J connectivity index is 2.77. The highest BCUT2D eigenvalue weighted by atomic mass is 79.9. The predicted molar refractivity (Wildman–Crippen MR) is 74.8 cm³/mol. The van der Waals surface area contributed by atoms with Crippen molar-refractivity contribution in [2.75, 3.05) is 27.2 Å². The second-order valence-corrected chi connectivity index (χ2v) is 5.37. The van der Waals surface area contributed by atoms with Crippen LogP contribution in [-0.2, 0) is 0 Å². The van der Waals surface area contributed by atoms with E-state index in [9.17, 15) is 4.79 Å². The lowest BCUT2D eigenvalue weighted by atomic mass is 10.2. The van der Waals surface area contributed by atoms with Gasteiger partial charge in [-0.3, -0.25) is 0 Å². The molecule has 0 bridgehead atoms. The molecule has 1 N–H and O–H groups in total. The molecule has 0 amide bonds. The zero-order valence-corrected chi connectivity index (χ0v) is 12.6. The first-order valence-corrected chi connectivity index (χ1v) is 6.58. The minimum Gasteiger partial charge on any atom is -0.491 e. The van der Waals surface area contributed by atoms with Crippen LogP contribution in [0.5, 0.6) is 5.75 Å². The number of aromatic carboxylic acids is 1. The summed E-state index contributed by atoms with van der Waals surface area (Å²) in [6.45, 7) is 1.34. The highest BCUT2D eigenvalue weighted by Crippen LogP contribution is 2.32. The van der Waals surface area contributed by atoms with Crippen LogP contribution >= 0.6 is 27.5 Å². The van der Waals surface area contributed by atoms with E-state index in [1.807, 2.05) is 19.0 Å². The minimum absolute atomic E-state index is 0.0687. The second kappa shape index (κ2) is 6.97. The highest BCUT2D eigenvalue weighted by Gasteiger charge is 2.16. The van der Waals surface area contributed by atoms with Crippen LogP contribution in [0.2, 0.25) is 5.02 Å². The number of rotatable bonds is 6. The Labute approximate surface area is 120 Å². The Morgan fingerprint density at radius 1 is 1.50 bits per heavy atom. The lowest BCUT2D eigenvalue weighted by Gasteiger charge is -2.13. The molecule has 18 heavy (non-hydrogen) atoms. The van der Waals surface area contributed by atoms with Gasteiger partial charge in [-0.05, 0) is 48.6 Å². The molecule has 0 fully saturated rings. The van der Waals surface area contributed by atoms with Crippen LogP contribution in [-0.4, -0.2) is 43.2 Å². The van der Waals surface area contributed by atoms with E-state index in [1.54, 1.807) is 6.07 Å². The van der Waals surface area contributed by atoms with Crippen molar-refractivity contribution in [3.8, 4) is 5.75 Å². The molecule has 0 unspecified atom stereocenters. The molecule has 0 atom stereocenters.